The van der Waals surface area contributed by atoms with Gasteiger partial charge in [-0.1, -0.05) is 0 Å². The molecule has 3 aromatic heterocycles. The minimum absolute atomic E-state index is 0.0288. The summed E-state index contributed by atoms with van der Waals surface area (Å²) in [6, 6.07) is 4.39. The van der Waals surface area contributed by atoms with Crippen LogP contribution in [0.1, 0.15) is 30.1 Å². The molecule has 1 amide bonds. The molecule has 154 valence electrons. The van der Waals surface area contributed by atoms with Crippen LogP contribution in [0.4, 0.5) is 4.39 Å². The molecular weight excluding hydrogens is 387 g/mol. The van der Waals surface area contributed by atoms with Gasteiger partial charge < -0.3 is 15.0 Å². The minimum atomic E-state index is -0.330. The van der Waals surface area contributed by atoms with Crippen LogP contribution in [-0.2, 0) is 11.8 Å². The molecule has 2 N–H and O–H groups in total. The predicted molar refractivity (Wildman–Crippen MR) is 109 cm³/mol. The average Bonchev–Trinajstić information content (AvgIpc) is 3.46. The highest BCUT2D eigenvalue weighted by Gasteiger charge is 2.25. The van der Waals surface area contributed by atoms with Gasteiger partial charge in [-0.3, -0.25) is 9.48 Å². The van der Waals surface area contributed by atoms with Gasteiger partial charge in [0.2, 0.25) is 0 Å². The Balaban J connectivity index is 1.51. The summed E-state index contributed by atoms with van der Waals surface area (Å²) < 4.78 is 20.9. The molecular formula is C21H21FN6O2. The highest BCUT2D eigenvalue weighted by atomic mass is 19.1. The highest BCUT2D eigenvalue weighted by molar-refractivity contribution is 6.05. The van der Waals surface area contributed by atoms with Crippen LogP contribution in [0, 0.1) is 5.82 Å². The lowest BCUT2D eigenvalue weighted by molar-refractivity contribution is 0.0713. The summed E-state index contributed by atoms with van der Waals surface area (Å²) in [5, 5.41) is 8.26. The first-order valence-corrected chi connectivity index (χ1v) is 9.90. The first kappa shape index (κ1) is 18.7. The number of nitrogens with one attached hydrogen (secondary N) is 2. The maximum atomic E-state index is 13.6. The van der Waals surface area contributed by atoms with E-state index in [0.717, 1.165) is 24.8 Å². The van der Waals surface area contributed by atoms with Gasteiger partial charge >= 0.3 is 0 Å². The molecule has 30 heavy (non-hydrogen) atoms. The summed E-state index contributed by atoms with van der Waals surface area (Å²) in [5.74, 6) is -0.563. The van der Waals surface area contributed by atoms with E-state index < -0.39 is 0 Å². The van der Waals surface area contributed by atoms with Gasteiger partial charge in [0, 0.05) is 25.2 Å². The van der Waals surface area contributed by atoms with Gasteiger partial charge in [0.05, 0.1) is 29.4 Å². The van der Waals surface area contributed by atoms with Gasteiger partial charge in [-0.15, -0.1) is 0 Å². The Morgan fingerprint density at radius 1 is 1.43 bits per heavy atom. The molecule has 1 aromatic carbocycles. The second kappa shape index (κ2) is 7.17. The largest absolute Gasteiger partial charge is 0.376 e. The Bertz CT molecular complexity index is 1260. The number of carbonyl (C=O) groups excluding carboxylic acids is 1. The summed E-state index contributed by atoms with van der Waals surface area (Å²) in [4.78, 5) is 24.9. The number of ether oxygens (including phenoxy) is 1. The van der Waals surface area contributed by atoms with E-state index in [1.54, 1.807) is 30.2 Å². The zero-order chi connectivity index (χ0) is 20.8. The van der Waals surface area contributed by atoms with Crippen LogP contribution in [0.15, 0.2) is 30.6 Å². The number of hydrogen-bond acceptors (Lipinski definition) is 5. The second-order valence-electron chi connectivity index (χ2n) is 7.60. The minimum Gasteiger partial charge on any atom is -0.376 e. The van der Waals surface area contributed by atoms with E-state index in [1.807, 2.05) is 6.92 Å². The normalized spacial score (nSPS) is 17.6. The van der Waals surface area contributed by atoms with Crippen molar-refractivity contribution in [2.24, 2.45) is 7.05 Å². The smallest absolute Gasteiger partial charge is 0.255 e. The number of amides is 1. The first-order valence-electron chi connectivity index (χ1n) is 9.90. The summed E-state index contributed by atoms with van der Waals surface area (Å²) in [6.07, 6.45) is 5.18. The number of benzene rings is 1. The van der Waals surface area contributed by atoms with Crippen LogP contribution in [0.2, 0.25) is 0 Å². The van der Waals surface area contributed by atoms with Crippen molar-refractivity contribution in [3.8, 4) is 11.4 Å². The van der Waals surface area contributed by atoms with Crippen LogP contribution in [-0.4, -0.2) is 49.4 Å². The van der Waals surface area contributed by atoms with Crippen LogP contribution in [0.5, 0.6) is 0 Å². The van der Waals surface area contributed by atoms with Crippen LogP contribution >= 0.6 is 0 Å². The Kier molecular flexibility index (Phi) is 4.47. The zero-order valence-corrected chi connectivity index (χ0v) is 16.6. The van der Waals surface area contributed by atoms with Crippen molar-refractivity contribution in [1.29, 1.82) is 0 Å². The number of carbonyl (C=O) groups is 1. The topological polar surface area (TPSA) is 97.7 Å². The molecule has 2 atom stereocenters. The maximum Gasteiger partial charge on any atom is 0.255 e. The standard InChI is InChI=1S/C21H21FN6O2/c1-11(17-4-3-7-30-17)25-21(29)14-9-23-20-19(14)26-15(10-24-20)18-13-6-5-12(22)8-16(13)28(2)27-18/h5-6,8-11,17H,3-4,7H2,1-2H3,(H,23,24)(H,25,29)/t11-,17+/m0/s1. The Morgan fingerprint density at radius 3 is 3.10 bits per heavy atom. The van der Waals surface area contributed by atoms with E-state index in [1.165, 1.54) is 12.1 Å². The molecule has 5 rings (SSSR count). The van der Waals surface area contributed by atoms with Crippen molar-refractivity contribution in [3.63, 3.8) is 0 Å². The van der Waals surface area contributed by atoms with Gasteiger partial charge in [0.25, 0.3) is 5.91 Å². The molecule has 0 saturated carbocycles. The summed E-state index contributed by atoms with van der Waals surface area (Å²) in [7, 11) is 1.75. The number of aryl methyl sites for hydroxylation is 1. The number of rotatable bonds is 4. The molecule has 1 saturated heterocycles. The summed E-state index contributed by atoms with van der Waals surface area (Å²) >= 11 is 0. The fraction of sp³-hybridized carbons (Fsp3) is 0.333. The van der Waals surface area contributed by atoms with Crippen molar-refractivity contribution >= 4 is 28.0 Å². The Hall–Kier alpha value is -3.33. The number of nitrogens with zero attached hydrogens (tertiary/aromatic N) is 4. The summed E-state index contributed by atoms with van der Waals surface area (Å²) in [6.45, 7) is 2.67. The number of aromatic amines is 1. The van der Waals surface area contributed by atoms with Crippen molar-refractivity contribution in [2.75, 3.05) is 6.61 Å². The van der Waals surface area contributed by atoms with Crippen molar-refractivity contribution < 1.29 is 13.9 Å². The van der Waals surface area contributed by atoms with Crippen molar-refractivity contribution in [1.82, 2.24) is 30.0 Å². The van der Waals surface area contributed by atoms with Crippen LogP contribution in [0.3, 0.4) is 0 Å². The van der Waals surface area contributed by atoms with E-state index in [4.69, 9.17) is 4.74 Å². The average molecular weight is 408 g/mol. The third-order valence-electron chi connectivity index (χ3n) is 5.56. The maximum absolute atomic E-state index is 13.6. The van der Waals surface area contributed by atoms with E-state index in [2.05, 4.69) is 25.4 Å². The number of H-pyrrole nitrogens is 1. The van der Waals surface area contributed by atoms with Crippen molar-refractivity contribution in [3.05, 3.63) is 42.0 Å². The first-order chi connectivity index (χ1) is 14.5. The second-order valence-corrected chi connectivity index (χ2v) is 7.60. The zero-order valence-electron chi connectivity index (χ0n) is 16.6. The SMILES string of the molecule is C[C@H](NC(=O)c1c[nH]c2ncc(-c3nn(C)c4cc(F)ccc34)nc12)[C@H]1CCCO1. The third-order valence-corrected chi connectivity index (χ3v) is 5.56. The molecule has 0 unspecified atom stereocenters. The lowest BCUT2D eigenvalue weighted by atomic mass is 10.1. The third kappa shape index (κ3) is 3.11. The fourth-order valence-electron chi connectivity index (χ4n) is 3.97. The molecule has 0 bridgehead atoms. The lowest BCUT2D eigenvalue weighted by Crippen LogP contribution is -2.40. The number of hydrogen-bond donors (Lipinski definition) is 2. The van der Waals surface area contributed by atoms with E-state index in [-0.39, 0.29) is 23.9 Å². The quantitative estimate of drug-likeness (QED) is 0.541. The Morgan fingerprint density at radius 2 is 2.30 bits per heavy atom. The highest BCUT2D eigenvalue weighted by Crippen LogP contribution is 2.28. The summed E-state index contributed by atoms with van der Waals surface area (Å²) in [5.41, 5.74) is 3.15. The molecule has 8 nitrogen and oxygen atoms in total. The van der Waals surface area contributed by atoms with Crippen molar-refractivity contribution in [2.45, 2.75) is 31.9 Å². The molecule has 9 heteroatoms. The lowest BCUT2D eigenvalue weighted by Gasteiger charge is -2.19. The molecule has 1 aliphatic heterocycles. The van der Waals surface area contributed by atoms with Gasteiger partial charge in [0.15, 0.2) is 5.65 Å². The fourth-order valence-corrected chi connectivity index (χ4v) is 3.97. The van der Waals surface area contributed by atoms with E-state index in [9.17, 15) is 9.18 Å². The van der Waals surface area contributed by atoms with Crippen LogP contribution < -0.4 is 5.32 Å². The van der Waals surface area contributed by atoms with Gasteiger partial charge in [0.1, 0.15) is 22.7 Å². The number of fused-ring (bicyclic) bond motifs is 2. The molecule has 1 aliphatic rings. The Labute approximate surface area is 171 Å². The molecule has 0 spiro atoms. The van der Waals surface area contributed by atoms with Crippen LogP contribution in [0.25, 0.3) is 33.5 Å². The number of aromatic nitrogens is 5. The van der Waals surface area contributed by atoms with E-state index >= 15 is 0 Å². The monoisotopic (exact) mass is 408 g/mol. The predicted octanol–water partition coefficient (Wildman–Crippen LogP) is 2.95. The van der Waals surface area contributed by atoms with E-state index in [0.29, 0.717) is 33.6 Å². The molecule has 1 fully saturated rings. The number of halogens is 1. The molecule has 4 heterocycles. The van der Waals surface area contributed by atoms with Gasteiger partial charge in [-0.25, -0.2) is 14.4 Å². The van der Waals surface area contributed by atoms with Gasteiger partial charge in [-0.2, -0.15) is 5.10 Å². The molecule has 0 radical (unpaired) electrons. The van der Waals surface area contributed by atoms with Gasteiger partial charge in [-0.05, 0) is 38.0 Å². The molecule has 0 aliphatic carbocycles. The molecule has 4 aromatic rings.